The second-order valence-electron chi connectivity index (χ2n) is 6.59. The van der Waals surface area contributed by atoms with E-state index in [1.165, 1.54) is 66.0 Å². The van der Waals surface area contributed by atoms with Crippen molar-refractivity contribution in [2.75, 3.05) is 11.4 Å². The van der Waals surface area contributed by atoms with Gasteiger partial charge in [0.15, 0.2) is 5.78 Å². The minimum Gasteiger partial charge on any atom is -0.344 e. The van der Waals surface area contributed by atoms with E-state index in [0.717, 1.165) is 0 Å². The van der Waals surface area contributed by atoms with E-state index in [-0.39, 0.29) is 12.1 Å². The SMILES string of the molecule is O=C(CNC(=O)C(F)F)c1ccc(CN(C(=O)c2ccncc2)c2cccc(F)c2)nc1. The van der Waals surface area contributed by atoms with Crippen molar-refractivity contribution >= 4 is 23.3 Å². The van der Waals surface area contributed by atoms with Gasteiger partial charge in [0.05, 0.1) is 18.8 Å². The molecule has 7 nitrogen and oxygen atoms in total. The predicted octanol–water partition coefficient (Wildman–Crippen LogP) is 3.03. The van der Waals surface area contributed by atoms with E-state index < -0.39 is 36.4 Å². The summed E-state index contributed by atoms with van der Waals surface area (Å²) in [4.78, 5) is 45.3. The van der Waals surface area contributed by atoms with Gasteiger partial charge in [-0.25, -0.2) is 4.39 Å². The van der Waals surface area contributed by atoms with E-state index in [1.54, 1.807) is 6.07 Å². The Kier molecular flexibility index (Phi) is 7.27. The molecule has 0 saturated carbocycles. The topological polar surface area (TPSA) is 92.3 Å². The van der Waals surface area contributed by atoms with Gasteiger partial charge in [0, 0.05) is 35.4 Å². The molecule has 0 aliphatic carbocycles. The Morgan fingerprint density at radius 1 is 1.00 bits per heavy atom. The number of anilines is 1. The third-order valence-electron chi connectivity index (χ3n) is 4.38. The van der Waals surface area contributed by atoms with Crippen molar-refractivity contribution in [3.8, 4) is 0 Å². The molecule has 0 bridgehead atoms. The fourth-order valence-corrected chi connectivity index (χ4v) is 2.77. The first-order valence-corrected chi connectivity index (χ1v) is 9.36. The van der Waals surface area contributed by atoms with Crippen molar-refractivity contribution in [3.63, 3.8) is 0 Å². The molecule has 2 amide bonds. The second-order valence-corrected chi connectivity index (χ2v) is 6.59. The number of alkyl halides is 2. The lowest BCUT2D eigenvalue weighted by Crippen LogP contribution is -2.34. The largest absolute Gasteiger partial charge is 0.344 e. The first kappa shape index (κ1) is 22.6. The highest BCUT2D eigenvalue weighted by Crippen LogP contribution is 2.21. The minimum atomic E-state index is -3.21. The van der Waals surface area contributed by atoms with Crippen LogP contribution in [0.1, 0.15) is 26.4 Å². The van der Waals surface area contributed by atoms with Crippen LogP contribution in [0.5, 0.6) is 0 Å². The number of carbonyl (C=O) groups excluding carboxylic acids is 3. The summed E-state index contributed by atoms with van der Waals surface area (Å²) in [5.74, 6) is -3.07. The van der Waals surface area contributed by atoms with Gasteiger partial charge in [-0.05, 0) is 42.5 Å². The molecule has 2 heterocycles. The van der Waals surface area contributed by atoms with Gasteiger partial charge in [-0.1, -0.05) is 6.07 Å². The molecule has 164 valence electrons. The third kappa shape index (κ3) is 5.75. The van der Waals surface area contributed by atoms with Gasteiger partial charge in [-0.3, -0.25) is 24.4 Å². The van der Waals surface area contributed by atoms with Crippen molar-refractivity contribution in [3.05, 3.63) is 89.8 Å². The van der Waals surface area contributed by atoms with Gasteiger partial charge in [0.2, 0.25) is 0 Å². The van der Waals surface area contributed by atoms with Crippen molar-refractivity contribution in [1.82, 2.24) is 15.3 Å². The third-order valence-corrected chi connectivity index (χ3v) is 4.38. The second kappa shape index (κ2) is 10.3. The van der Waals surface area contributed by atoms with Crippen LogP contribution < -0.4 is 10.2 Å². The minimum absolute atomic E-state index is 0.0266. The Labute approximate surface area is 180 Å². The van der Waals surface area contributed by atoms with Gasteiger partial charge in [0.1, 0.15) is 5.82 Å². The number of halogens is 3. The van der Waals surface area contributed by atoms with E-state index in [0.29, 0.717) is 16.9 Å². The molecule has 0 fully saturated rings. The summed E-state index contributed by atoms with van der Waals surface area (Å²) in [6, 6.07) is 11.4. The zero-order chi connectivity index (χ0) is 23.1. The quantitative estimate of drug-likeness (QED) is 0.542. The first-order valence-electron chi connectivity index (χ1n) is 9.36. The Hall–Kier alpha value is -4.08. The molecule has 2 aromatic heterocycles. The number of benzene rings is 1. The highest BCUT2D eigenvalue weighted by Gasteiger charge is 2.20. The standard InChI is InChI=1S/C22H17F3N4O3/c23-16-2-1-3-18(10-16)29(22(32)14-6-8-26-9-7-14)13-17-5-4-15(11-27-17)19(30)12-28-21(31)20(24)25/h1-11,20H,12-13H2,(H,28,31). The molecule has 1 N–H and O–H groups in total. The van der Waals surface area contributed by atoms with Crippen LogP contribution in [0.4, 0.5) is 18.9 Å². The van der Waals surface area contributed by atoms with Crippen molar-refractivity contribution in [2.45, 2.75) is 13.0 Å². The Morgan fingerprint density at radius 3 is 2.38 bits per heavy atom. The van der Waals surface area contributed by atoms with E-state index in [4.69, 9.17) is 0 Å². The zero-order valence-corrected chi connectivity index (χ0v) is 16.5. The van der Waals surface area contributed by atoms with Crippen LogP contribution in [-0.2, 0) is 11.3 Å². The molecule has 3 rings (SSSR count). The number of ketones is 1. The number of pyridine rings is 2. The van der Waals surface area contributed by atoms with Crippen molar-refractivity contribution in [1.29, 1.82) is 0 Å². The Bertz CT molecular complexity index is 1110. The van der Waals surface area contributed by atoms with Gasteiger partial charge in [0.25, 0.3) is 11.8 Å². The maximum atomic E-state index is 13.8. The van der Waals surface area contributed by atoms with Gasteiger partial charge in [-0.2, -0.15) is 8.78 Å². The molecular formula is C22H17F3N4O3. The fourth-order valence-electron chi connectivity index (χ4n) is 2.77. The van der Waals surface area contributed by atoms with Gasteiger partial charge < -0.3 is 10.2 Å². The first-order chi connectivity index (χ1) is 15.3. The molecule has 0 spiro atoms. The number of amides is 2. The number of nitrogens with zero attached hydrogens (tertiary/aromatic N) is 3. The average molecular weight is 442 g/mol. The number of carbonyl (C=O) groups is 3. The fraction of sp³-hybridized carbons (Fsp3) is 0.136. The van der Waals surface area contributed by atoms with E-state index in [9.17, 15) is 27.6 Å². The summed E-state index contributed by atoms with van der Waals surface area (Å²) in [6.45, 7) is -0.624. The maximum Gasteiger partial charge on any atom is 0.315 e. The predicted molar refractivity (Wildman–Crippen MR) is 109 cm³/mol. The molecule has 3 aromatic rings. The van der Waals surface area contributed by atoms with Crippen LogP contribution >= 0.6 is 0 Å². The summed E-state index contributed by atoms with van der Waals surface area (Å²) in [5, 5.41) is 1.83. The lowest BCUT2D eigenvalue weighted by molar-refractivity contribution is -0.131. The van der Waals surface area contributed by atoms with Crippen LogP contribution in [0, 0.1) is 5.82 Å². The number of hydrogen-bond donors (Lipinski definition) is 1. The monoisotopic (exact) mass is 442 g/mol. The van der Waals surface area contributed by atoms with Gasteiger partial charge >= 0.3 is 6.43 Å². The van der Waals surface area contributed by atoms with Crippen LogP contribution in [0.15, 0.2) is 67.1 Å². The molecule has 0 unspecified atom stereocenters. The highest BCUT2D eigenvalue weighted by molar-refractivity contribution is 6.06. The maximum absolute atomic E-state index is 13.8. The number of Topliss-reactive ketones (excluding diaryl/α,β-unsaturated/α-hetero) is 1. The van der Waals surface area contributed by atoms with Crippen LogP contribution in [0.3, 0.4) is 0 Å². The lowest BCUT2D eigenvalue weighted by atomic mass is 10.1. The molecule has 0 aliphatic rings. The Balaban J connectivity index is 1.78. The van der Waals surface area contributed by atoms with Crippen molar-refractivity contribution < 1.29 is 27.6 Å². The normalized spacial score (nSPS) is 10.6. The highest BCUT2D eigenvalue weighted by atomic mass is 19.3. The molecular weight excluding hydrogens is 425 g/mol. The molecule has 0 saturated heterocycles. The molecule has 0 atom stereocenters. The van der Waals surface area contributed by atoms with E-state index in [1.807, 2.05) is 5.32 Å². The number of rotatable bonds is 8. The Morgan fingerprint density at radius 2 is 1.75 bits per heavy atom. The van der Waals surface area contributed by atoms with E-state index in [2.05, 4.69) is 9.97 Å². The molecule has 0 aliphatic heterocycles. The molecule has 1 aromatic carbocycles. The summed E-state index contributed by atoms with van der Waals surface area (Å²) in [6.07, 6.45) is 0.924. The molecule has 10 heteroatoms. The van der Waals surface area contributed by atoms with E-state index >= 15 is 0 Å². The summed E-state index contributed by atoms with van der Waals surface area (Å²) in [5.41, 5.74) is 1.14. The summed E-state index contributed by atoms with van der Waals surface area (Å²) >= 11 is 0. The number of hydrogen-bond acceptors (Lipinski definition) is 5. The van der Waals surface area contributed by atoms with Crippen LogP contribution in [-0.4, -0.2) is 40.5 Å². The lowest BCUT2D eigenvalue weighted by Gasteiger charge is -2.23. The molecule has 32 heavy (non-hydrogen) atoms. The average Bonchev–Trinajstić information content (AvgIpc) is 2.81. The summed E-state index contributed by atoms with van der Waals surface area (Å²) < 4.78 is 38.2. The van der Waals surface area contributed by atoms with Crippen molar-refractivity contribution in [2.24, 2.45) is 0 Å². The number of aromatic nitrogens is 2. The van der Waals surface area contributed by atoms with Gasteiger partial charge in [-0.15, -0.1) is 0 Å². The summed E-state index contributed by atoms with van der Waals surface area (Å²) in [7, 11) is 0. The number of nitrogens with one attached hydrogen (secondary N) is 1. The smallest absolute Gasteiger partial charge is 0.315 e. The van der Waals surface area contributed by atoms with Crippen LogP contribution in [0.25, 0.3) is 0 Å². The molecule has 0 radical (unpaired) electrons. The zero-order valence-electron chi connectivity index (χ0n) is 16.5. The van der Waals surface area contributed by atoms with Crippen LogP contribution in [0.2, 0.25) is 0 Å².